The van der Waals surface area contributed by atoms with Crippen molar-refractivity contribution in [3.05, 3.63) is 23.7 Å². The number of nitrogens with zero attached hydrogens (tertiary/aromatic N) is 1. The van der Waals surface area contributed by atoms with E-state index in [0.29, 0.717) is 5.76 Å². The van der Waals surface area contributed by atoms with Crippen LogP contribution < -0.4 is 0 Å². The number of rotatable bonds is 3. The van der Waals surface area contributed by atoms with Crippen LogP contribution in [-0.2, 0) is 16.1 Å². The highest BCUT2D eigenvalue weighted by molar-refractivity contribution is 6.05. The first kappa shape index (κ1) is 12.0. The molecule has 19 heavy (non-hydrogen) atoms. The first-order valence-electron chi connectivity index (χ1n) is 6.24. The molecule has 1 saturated heterocycles. The van der Waals surface area contributed by atoms with Crippen molar-refractivity contribution in [3.8, 4) is 0 Å². The number of carbonyl (C=O) groups excluding carboxylic acids is 2. The van der Waals surface area contributed by atoms with E-state index in [9.17, 15) is 14.4 Å². The monoisotopic (exact) mass is 263 g/mol. The molecule has 0 spiro atoms. The Morgan fingerprint density at radius 1 is 1.32 bits per heavy atom. The predicted octanol–water partition coefficient (Wildman–Crippen LogP) is 1.26. The summed E-state index contributed by atoms with van der Waals surface area (Å²) >= 11 is 0. The fourth-order valence-corrected chi connectivity index (χ4v) is 2.95. The van der Waals surface area contributed by atoms with Gasteiger partial charge in [0.1, 0.15) is 12.0 Å². The minimum atomic E-state index is -1.09. The first-order valence-corrected chi connectivity index (χ1v) is 6.24. The minimum absolute atomic E-state index is 0.0225. The van der Waals surface area contributed by atoms with E-state index < -0.39 is 5.97 Å². The Labute approximate surface area is 109 Å². The molecule has 2 fully saturated rings. The number of amides is 2. The zero-order valence-electron chi connectivity index (χ0n) is 10.2. The van der Waals surface area contributed by atoms with Gasteiger partial charge in [0.05, 0.1) is 23.9 Å². The normalized spacial score (nSPS) is 26.0. The third-order valence-corrected chi connectivity index (χ3v) is 3.90. The van der Waals surface area contributed by atoms with Gasteiger partial charge in [0.25, 0.3) is 0 Å². The molecule has 1 aromatic heterocycles. The summed E-state index contributed by atoms with van der Waals surface area (Å²) in [7, 11) is 0. The van der Waals surface area contributed by atoms with E-state index in [1.807, 2.05) is 0 Å². The quantitative estimate of drug-likeness (QED) is 0.829. The number of likely N-dealkylation sites (tertiary alicyclic amines) is 1. The summed E-state index contributed by atoms with van der Waals surface area (Å²) in [5, 5.41) is 8.79. The molecule has 2 heterocycles. The average Bonchev–Trinajstić information content (AvgIpc) is 3.06. The molecule has 2 aliphatic rings. The highest BCUT2D eigenvalue weighted by Crippen LogP contribution is 2.40. The van der Waals surface area contributed by atoms with E-state index in [0.717, 1.165) is 25.5 Å². The molecular formula is C13H13NO5. The van der Waals surface area contributed by atoms with Crippen LogP contribution in [0.15, 0.2) is 16.7 Å². The van der Waals surface area contributed by atoms with E-state index >= 15 is 0 Å². The Kier molecular flexibility index (Phi) is 2.66. The molecule has 1 aliphatic carbocycles. The van der Waals surface area contributed by atoms with Crippen molar-refractivity contribution in [2.24, 2.45) is 11.8 Å². The number of fused-ring (bicyclic) bond motifs is 1. The lowest BCUT2D eigenvalue weighted by Crippen LogP contribution is -2.31. The fraction of sp³-hybridized carbons (Fsp3) is 0.462. The Bertz CT molecular complexity index is 539. The van der Waals surface area contributed by atoms with Gasteiger partial charge in [-0.3, -0.25) is 14.5 Å². The molecule has 1 saturated carbocycles. The number of hydrogen-bond donors (Lipinski definition) is 1. The Morgan fingerprint density at radius 3 is 2.47 bits per heavy atom. The van der Waals surface area contributed by atoms with Gasteiger partial charge in [-0.2, -0.15) is 0 Å². The number of imide groups is 1. The lowest BCUT2D eigenvalue weighted by Gasteiger charge is -2.13. The molecule has 2 amide bonds. The van der Waals surface area contributed by atoms with Crippen molar-refractivity contribution in [1.82, 2.24) is 4.90 Å². The van der Waals surface area contributed by atoms with Crippen LogP contribution in [0.25, 0.3) is 0 Å². The highest BCUT2D eigenvalue weighted by Gasteiger charge is 2.49. The topological polar surface area (TPSA) is 87.8 Å². The third kappa shape index (κ3) is 1.83. The minimum Gasteiger partial charge on any atom is -0.478 e. The van der Waals surface area contributed by atoms with Gasteiger partial charge in [0.2, 0.25) is 11.8 Å². The van der Waals surface area contributed by atoms with Gasteiger partial charge in [0.15, 0.2) is 0 Å². The van der Waals surface area contributed by atoms with Gasteiger partial charge in [-0.25, -0.2) is 4.79 Å². The van der Waals surface area contributed by atoms with Gasteiger partial charge in [-0.15, -0.1) is 0 Å². The summed E-state index contributed by atoms with van der Waals surface area (Å²) in [6.07, 6.45) is 3.57. The Morgan fingerprint density at radius 2 is 1.95 bits per heavy atom. The number of hydrogen-bond acceptors (Lipinski definition) is 4. The van der Waals surface area contributed by atoms with Crippen molar-refractivity contribution >= 4 is 17.8 Å². The van der Waals surface area contributed by atoms with Crippen LogP contribution in [0.4, 0.5) is 0 Å². The smallest absolute Gasteiger partial charge is 0.338 e. The van der Waals surface area contributed by atoms with Crippen LogP contribution in [0.5, 0.6) is 0 Å². The van der Waals surface area contributed by atoms with Crippen molar-refractivity contribution in [2.45, 2.75) is 25.8 Å². The molecule has 1 aliphatic heterocycles. The van der Waals surface area contributed by atoms with Crippen molar-refractivity contribution in [3.63, 3.8) is 0 Å². The second-order valence-corrected chi connectivity index (χ2v) is 5.01. The molecule has 1 N–H and O–H groups in total. The van der Waals surface area contributed by atoms with Gasteiger partial charge in [-0.1, -0.05) is 6.42 Å². The maximum Gasteiger partial charge on any atom is 0.338 e. The molecule has 0 aromatic carbocycles. The largest absolute Gasteiger partial charge is 0.478 e. The Hall–Kier alpha value is -2.11. The lowest BCUT2D eigenvalue weighted by molar-refractivity contribution is -0.141. The van der Waals surface area contributed by atoms with E-state index in [2.05, 4.69) is 0 Å². The van der Waals surface area contributed by atoms with E-state index in [1.165, 1.54) is 11.0 Å². The maximum absolute atomic E-state index is 12.1. The summed E-state index contributed by atoms with van der Waals surface area (Å²) in [6.45, 7) is 0.0257. The zero-order valence-corrected chi connectivity index (χ0v) is 10.2. The number of carboxylic acids is 1. The number of furan rings is 1. The molecule has 100 valence electrons. The second kappa shape index (κ2) is 4.22. The van der Waals surface area contributed by atoms with Crippen LogP contribution in [0.2, 0.25) is 0 Å². The van der Waals surface area contributed by atoms with Crippen LogP contribution >= 0.6 is 0 Å². The van der Waals surface area contributed by atoms with Crippen LogP contribution in [-0.4, -0.2) is 27.8 Å². The summed E-state index contributed by atoms with van der Waals surface area (Å²) in [5.74, 6) is -1.44. The molecule has 0 bridgehead atoms. The van der Waals surface area contributed by atoms with Gasteiger partial charge < -0.3 is 9.52 Å². The summed E-state index contributed by atoms with van der Waals surface area (Å²) in [4.78, 5) is 36.1. The van der Waals surface area contributed by atoms with E-state index in [4.69, 9.17) is 9.52 Å². The summed E-state index contributed by atoms with van der Waals surface area (Å²) in [5.41, 5.74) is 0.0225. The fourth-order valence-electron chi connectivity index (χ4n) is 2.95. The molecule has 2 unspecified atom stereocenters. The van der Waals surface area contributed by atoms with Crippen molar-refractivity contribution in [1.29, 1.82) is 0 Å². The predicted molar refractivity (Wildman–Crippen MR) is 62.1 cm³/mol. The maximum atomic E-state index is 12.1. The molecule has 2 atom stereocenters. The average molecular weight is 263 g/mol. The standard InChI is InChI=1S/C13H13NO5/c15-11-9-2-1-3-10(9)12(16)14(11)5-8-4-7(6-19-8)13(17)18/h4,6,9-10H,1-3,5H2,(H,17,18). The molecule has 1 aromatic rings. The van der Waals surface area contributed by atoms with Gasteiger partial charge in [-0.05, 0) is 18.9 Å². The van der Waals surface area contributed by atoms with Crippen molar-refractivity contribution < 1.29 is 23.9 Å². The molecular weight excluding hydrogens is 250 g/mol. The molecule has 3 rings (SSSR count). The lowest BCUT2D eigenvalue weighted by atomic mass is 10.00. The van der Waals surface area contributed by atoms with Crippen molar-refractivity contribution in [2.75, 3.05) is 0 Å². The van der Waals surface area contributed by atoms with Crippen LogP contribution in [0.1, 0.15) is 35.4 Å². The number of carbonyl (C=O) groups is 3. The van der Waals surface area contributed by atoms with Gasteiger partial charge in [0, 0.05) is 0 Å². The zero-order chi connectivity index (χ0) is 13.6. The van der Waals surface area contributed by atoms with Gasteiger partial charge >= 0.3 is 5.97 Å². The van der Waals surface area contributed by atoms with Crippen LogP contribution in [0.3, 0.4) is 0 Å². The second-order valence-electron chi connectivity index (χ2n) is 5.01. The summed E-state index contributed by atoms with van der Waals surface area (Å²) in [6, 6.07) is 1.34. The number of aromatic carboxylic acids is 1. The SMILES string of the molecule is O=C(O)c1coc(CN2C(=O)C3CCCC3C2=O)c1. The molecule has 0 radical (unpaired) electrons. The Balaban J connectivity index is 1.78. The first-order chi connectivity index (χ1) is 9.08. The third-order valence-electron chi connectivity index (χ3n) is 3.90. The summed E-state index contributed by atoms with van der Waals surface area (Å²) < 4.78 is 5.08. The number of carboxylic acid groups (broad SMARTS) is 1. The molecule has 6 nitrogen and oxygen atoms in total. The van der Waals surface area contributed by atoms with Crippen LogP contribution in [0, 0.1) is 11.8 Å². The van der Waals surface area contributed by atoms with E-state index in [1.54, 1.807) is 0 Å². The molecule has 6 heteroatoms. The van der Waals surface area contributed by atoms with E-state index in [-0.39, 0.29) is 35.8 Å². The highest BCUT2D eigenvalue weighted by atomic mass is 16.4.